The highest BCUT2D eigenvalue weighted by Gasteiger charge is 2.29. The fourth-order valence-electron chi connectivity index (χ4n) is 6.44. The van der Waals surface area contributed by atoms with Crippen LogP contribution in [0.1, 0.15) is 145 Å². The summed E-state index contributed by atoms with van der Waals surface area (Å²) >= 11 is 0. The molecule has 0 spiro atoms. The van der Waals surface area contributed by atoms with Gasteiger partial charge in [0.05, 0.1) is 0 Å². The zero-order valence-corrected chi connectivity index (χ0v) is 30.4. The molecule has 6 nitrogen and oxygen atoms in total. The molecule has 3 atom stereocenters. The van der Waals surface area contributed by atoms with E-state index in [-0.39, 0.29) is 5.91 Å². The van der Waals surface area contributed by atoms with Gasteiger partial charge in [-0.2, -0.15) is 0 Å². The van der Waals surface area contributed by atoms with Crippen molar-refractivity contribution >= 4 is 17.8 Å². The maximum atomic E-state index is 13.4. The highest BCUT2D eigenvalue weighted by Crippen LogP contribution is 2.40. The Morgan fingerprint density at radius 1 is 0.696 bits per heavy atom. The van der Waals surface area contributed by atoms with Crippen LogP contribution >= 0.6 is 0 Å². The maximum absolute atomic E-state index is 13.4. The fourth-order valence-corrected chi connectivity index (χ4v) is 6.44. The molecular weight excluding hydrogens is 574 g/mol. The van der Waals surface area contributed by atoms with Crippen LogP contribution in [0, 0.1) is 38.5 Å². The second-order valence-electron chi connectivity index (χ2n) is 14.4. The van der Waals surface area contributed by atoms with Crippen LogP contribution < -0.4 is 14.8 Å². The van der Waals surface area contributed by atoms with Crippen LogP contribution in [0.15, 0.2) is 30.3 Å². The molecule has 0 saturated carbocycles. The molecule has 2 rings (SSSR count). The number of hydrogen-bond acceptors (Lipinski definition) is 5. The largest absolute Gasteiger partial charge is 0.426 e. The number of benzene rings is 2. The Morgan fingerprint density at radius 3 is 1.74 bits per heavy atom. The van der Waals surface area contributed by atoms with E-state index in [1.165, 1.54) is 52.4 Å². The maximum Gasteiger partial charge on any atom is 0.308 e. The van der Waals surface area contributed by atoms with Gasteiger partial charge in [-0.3, -0.25) is 14.4 Å². The molecule has 2 aromatic carbocycles. The predicted molar refractivity (Wildman–Crippen MR) is 189 cm³/mol. The van der Waals surface area contributed by atoms with E-state index < -0.39 is 17.5 Å². The Morgan fingerprint density at radius 2 is 1.20 bits per heavy atom. The fraction of sp³-hybridized carbons (Fsp3) is 0.625. The third-order valence-corrected chi connectivity index (χ3v) is 9.48. The average molecular weight is 636 g/mol. The predicted octanol–water partition coefficient (Wildman–Crippen LogP) is 10.0. The summed E-state index contributed by atoms with van der Waals surface area (Å²) in [7, 11) is 0. The highest BCUT2D eigenvalue weighted by molar-refractivity contribution is 5.94. The first kappa shape index (κ1) is 39.0. The summed E-state index contributed by atoms with van der Waals surface area (Å²) in [6.45, 7) is 19.9. The molecule has 0 saturated heterocycles. The highest BCUT2D eigenvalue weighted by atomic mass is 16.5. The first-order valence-corrected chi connectivity index (χ1v) is 17.5. The molecule has 0 bridgehead atoms. The van der Waals surface area contributed by atoms with Crippen LogP contribution in [-0.2, 0) is 16.0 Å². The van der Waals surface area contributed by atoms with E-state index in [1.807, 2.05) is 51.1 Å². The molecule has 0 fully saturated rings. The molecule has 1 amide bonds. The Balaban J connectivity index is 2.19. The van der Waals surface area contributed by atoms with E-state index in [1.54, 1.807) is 0 Å². The van der Waals surface area contributed by atoms with Gasteiger partial charge in [-0.05, 0) is 93.5 Å². The first-order valence-electron chi connectivity index (χ1n) is 17.5. The number of carbonyl (C=O) groups is 3. The number of amides is 1. The topological polar surface area (TPSA) is 81.7 Å². The van der Waals surface area contributed by atoms with Gasteiger partial charge in [0, 0.05) is 30.5 Å². The normalized spacial score (nSPS) is 14.0. The van der Waals surface area contributed by atoms with Crippen LogP contribution in [0.3, 0.4) is 0 Å². The molecular formula is C40H61NO5. The van der Waals surface area contributed by atoms with Crippen molar-refractivity contribution in [3.63, 3.8) is 0 Å². The molecule has 0 aliphatic heterocycles. The standard InChI is InChI=1S/C40H61NO5/c1-27(2)17-14-18-28(3)19-15-20-29(4)21-16-25-40(10,41-39(44)35-22-12-11-13-23-35)26-24-36-32(7)37(45-33(8)42)30(5)31(6)38(36)46-34(9)43/h11-13,22-23,27-29H,14-21,24-26H2,1-10H3,(H,41,44). The Kier molecular flexibility index (Phi) is 16.0. The van der Waals surface area contributed by atoms with Gasteiger partial charge in [-0.1, -0.05) is 97.3 Å². The number of carbonyl (C=O) groups excluding carboxylic acids is 3. The third-order valence-electron chi connectivity index (χ3n) is 9.48. The lowest BCUT2D eigenvalue weighted by atomic mass is 9.84. The van der Waals surface area contributed by atoms with Crippen LogP contribution in [0.2, 0.25) is 0 Å². The van der Waals surface area contributed by atoms with Crippen LogP contribution in [0.4, 0.5) is 0 Å². The minimum atomic E-state index is -0.502. The van der Waals surface area contributed by atoms with Crippen molar-refractivity contribution in [2.45, 2.75) is 145 Å². The minimum absolute atomic E-state index is 0.0970. The molecule has 0 aliphatic rings. The Labute approximate surface area is 279 Å². The molecule has 0 aromatic heterocycles. The Bertz CT molecular complexity index is 1280. The van der Waals surface area contributed by atoms with Crippen molar-refractivity contribution in [2.24, 2.45) is 17.8 Å². The van der Waals surface area contributed by atoms with E-state index in [9.17, 15) is 14.4 Å². The molecule has 0 radical (unpaired) electrons. The minimum Gasteiger partial charge on any atom is -0.426 e. The lowest BCUT2D eigenvalue weighted by molar-refractivity contribution is -0.133. The number of hydrogen-bond donors (Lipinski definition) is 1. The summed E-state index contributed by atoms with van der Waals surface area (Å²) in [4.78, 5) is 37.5. The van der Waals surface area contributed by atoms with Crippen LogP contribution in [0.25, 0.3) is 0 Å². The zero-order valence-electron chi connectivity index (χ0n) is 30.4. The van der Waals surface area contributed by atoms with E-state index in [4.69, 9.17) is 9.47 Å². The summed E-state index contributed by atoms with van der Waals surface area (Å²) in [5, 5.41) is 3.36. The van der Waals surface area contributed by atoms with Gasteiger partial charge in [0.1, 0.15) is 11.5 Å². The molecule has 1 N–H and O–H groups in total. The number of rotatable bonds is 19. The third kappa shape index (κ3) is 12.9. The van der Waals surface area contributed by atoms with Gasteiger partial charge in [-0.25, -0.2) is 0 Å². The van der Waals surface area contributed by atoms with Crippen molar-refractivity contribution < 1.29 is 23.9 Å². The first-order chi connectivity index (χ1) is 21.6. The van der Waals surface area contributed by atoms with Gasteiger partial charge in [0.25, 0.3) is 5.91 Å². The lowest BCUT2D eigenvalue weighted by Crippen LogP contribution is -2.46. The number of ether oxygens (including phenoxy) is 2. The van der Waals surface area contributed by atoms with Crippen molar-refractivity contribution in [3.05, 3.63) is 58.1 Å². The van der Waals surface area contributed by atoms with Gasteiger partial charge in [0.15, 0.2) is 0 Å². The monoisotopic (exact) mass is 635 g/mol. The summed E-state index contributed by atoms with van der Waals surface area (Å²) in [6.07, 6.45) is 11.9. The number of nitrogens with one attached hydrogen (secondary N) is 1. The van der Waals surface area contributed by atoms with Gasteiger partial charge in [0.2, 0.25) is 0 Å². The summed E-state index contributed by atoms with van der Waals surface area (Å²) in [5.41, 5.74) is 3.27. The number of esters is 2. The SMILES string of the molecule is CC(=O)Oc1c(C)c(C)c(OC(C)=O)c(CCC(C)(CCCC(C)CCCC(C)CCCC(C)C)NC(=O)c2ccccc2)c1C. The van der Waals surface area contributed by atoms with Crippen molar-refractivity contribution in [1.29, 1.82) is 0 Å². The molecule has 2 aromatic rings. The second-order valence-corrected chi connectivity index (χ2v) is 14.4. The smallest absolute Gasteiger partial charge is 0.308 e. The van der Waals surface area contributed by atoms with Crippen molar-refractivity contribution in [1.82, 2.24) is 5.32 Å². The van der Waals surface area contributed by atoms with Crippen LogP contribution in [0.5, 0.6) is 11.5 Å². The molecule has 0 aliphatic carbocycles. The quantitative estimate of drug-likeness (QED) is 0.123. The van der Waals surface area contributed by atoms with E-state index in [0.717, 1.165) is 53.4 Å². The van der Waals surface area contributed by atoms with Gasteiger partial charge in [-0.15, -0.1) is 0 Å². The zero-order chi connectivity index (χ0) is 34.4. The molecule has 6 heteroatoms. The molecule has 0 heterocycles. The van der Waals surface area contributed by atoms with Crippen LogP contribution in [-0.4, -0.2) is 23.4 Å². The summed E-state index contributed by atoms with van der Waals surface area (Å²) < 4.78 is 11.4. The molecule has 256 valence electrons. The Hall–Kier alpha value is -3.15. The molecule has 3 unspecified atom stereocenters. The van der Waals surface area contributed by atoms with Gasteiger partial charge >= 0.3 is 11.9 Å². The second kappa shape index (κ2) is 18.9. The van der Waals surface area contributed by atoms with E-state index in [0.29, 0.717) is 35.8 Å². The van der Waals surface area contributed by atoms with Crippen molar-refractivity contribution in [2.75, 3.05) is 0 Å². The summed E-state index contributed by atoms with van der Waals surface area (Å²) in [6, 6.07) is 9.32. The average Bonchev–Trinajstić information content (AvgIpc) is 2.97. The molecule has 46 heavy (non-hydrogen) atoms. The lowest BCUT2D eigenvalue weighted by Gasteiger charge is -2.32. The van der Waals surface area contributed by atoms with E-state index in [2.05, 4.69) is 39.9 Å². The van der Waals surface area contributed by atoms with Crippen molar-refractivity contribution in [3.8, 4) is 11.5 Å². The summed E-state index contributed by atoms with van der Waals surface area (Å²) in [5.74, 6) is 2.33. The van der Waals surface area contributed by atoms with E-state index >= 15 is 0 Å². The van der Waals surface area contributed by atoms with Gasteiger partial charge < -0.3 is 14.8 Å².